The van der Waals surface area contributed by atoms with E-state index in [1.807, 2.05) is 19.1 Å². The molecule has 1 aliphatic rings. The molecule has 1 fully saturated rings. The molecule has 18 heavy (non-hydrogen) atoms. The van der Waals surface area contributed by atoms with Crippen molar-refractivity contribution in [2.24, 2.45) is 4.99 Å². The van der Waals surface area contributed by atoms with Crippen LogP contribution < -0.4 is 4.74 Å². The van der Waals surface area contributed by atoms with E-state index in [2.05, 4.69) is 20.9 Å². The molecule has 1 aromatic rings. The van der Waals surface area contributed by atoms with Gasteiger partial charge in [0, 0.05) is 10.0 Å². The van der Waals surface area contributed by atoms with E-state index >= 15 is 0 Å². The molecule has 96 valence electrons. The quantitative estimate of drug-likeness (QED) is 0.628. The largest absolute Gasteiger partial charge is 0.496 e. The van der Waals surface area contributed by atoms with Gasteiger partial charge in [0.05, 0.1) is 12.6 Å². The smallest absolute Gasteiger partial charge is 0.235 e. The minimum atomic E-state index is -0.398. The number of aliphatic imine (C=N–C) groups is 1. The molecule has 0 aromatic heterocycles. The summed E-state index contributed by atoms with van der Waals surface area (Å²) < 4.78 is 6.37. The van der Waals surface area contributed by atoms with Gasteiger partial charge in [-0.05, 0) is 37.5 Å². The normalized spacial score (nSPS) is 17.3. The highest BCUT2D eigenvalue weighted by Gasteiger charge is 2.36. The highest BCUT2D eigenvalue weighted by atomic mass is 79.9. The van der Waals surface area contributed by atoms with Gasteiger partial charge in [-0.2, -0.15) is 4.99 Å². The molecular weight excluding hydrogens is 294 g/mol. The van der Waals surface area contributed by atoms with Gasteiger partial charge in [-0.1, -0.05) is 28.8 Å². The van der Waals surface area contributed by atoms with Crippen molar-refractivity contribution in [1.82, 2.24) is 0 Å². The molecule has 0 heterocycles. The second-order valence-corrected chi connectivity index (χ2v) is 5.58. The summed E-state index contributed by atoms with van der Waals surface area (Å²) in [5.74, 6) is 0.826. The zero-order valence-electron chi connectivity index (χ0n) is 10.6. The third kappa shape index (κ3) is 2.23. The maximum Gasteiger partial charge on any atom is 0.235 e. The van der Waals surface area contributed by atoms with Crippen LogP contribution in [0.3, 0.4) is 0 Å². The van der Waals surface area contributed by atoms with E-state index in [1.54, 1.807) is 13.2 Å². The van der Waals surface area contributed by atoms with Gasteiger partial charge in [0.1, 0.15) is 5.75 Å². The fourth-order valence-electron chi connectivity index (χ4n) is 2.65. The maximum atomic E-state index is 10.7. The van der Waals surface area contributed by atoms with Crippen LogP contribution in [0.5, 0.6) is 5.75 Å². The Morgan fingerprint density at radius 3 is 2.61 bits per heavy atom. The lowest BCUT2D eigenvalue weighted by atomic mass is 9.88. The molecular formula is C14H16BrNO2. The molecule has 1 aliphatic carbocycles. The molecule has 0 atom stereocenters. The molecule has 0 amide bonds. The molecule has 1 aromatic carbocycles. The van der Waals surface area contributed by atoms with E-state index in [4.69, 9.17) is 4.74 Å². The molecule has 2 rings (SSSR count). The Balaban J connectivity index is 2.55. The van der Waals surface area contributed by atoms with Gasteiger partial charge in [0.25, 0.3) is 0 Å². The second kappa shape index (κ2) is 5.25. The predicted molar refractivity (Wildman–Crippen MR) is 73.7 cm³/mol. The van der Waals surface area contributed by atoms with Crippen molar-refractivity contribution in [2.45, 2.75) is 38.1 Å². The minimum Gasteiger partial charge on any atom is -0.496 e. The average molecular weight is 310 g/mol. The Morgan fingerprint density at radius 1 is 1.39 bits per heavy atom. The van der Waals surface area contributed by atoms with Crippen molar-refractivity contribution in [3.8, 4) is 5.75 Å². The molecule has 0 aliphatic heterocycles. The lowest BCUT2D eigenvalue weighted by molar-refractivity contribution is 0.405. The molecule has 0 spiro atoms. The molecule has 1 saturated carbocycles. The molecule has 0 unspecified atom stereocenters. The summed E-state index contributed by atoms with van der Waals surface area (Å²) in [5, 5.41) is 0. The number of hydrogen-bond acceptors (Lipinski definition) is 3. The molecule has 3 nitrogen and oxygen atoms in total. The highest BCUT2D eigenvalue weighted by molar-refractivity contribution is 9.10. The third-order valence-electron chi connectivity index (χ3n) is 3.74. The fourth-order valence-corrected chi connectivity index (χ4v) is 3.09. The number of carbonyl (C=O) groups excluding carboxylic acids is 1. The Bertz CT molecular complexity index is 501. The van der Waals surface area contributed by atoms with E-state index in [9.17, 15) is 4.79 Å². The fraction of sp³-hybridized carbons (Fsp3) is 0.500. The number of ether oxygens (including phenoxy) is 1. The van der Waals surface area contributed by atoms with Crippen LogP contribution in [0.25, 0.3) is 0 Å². The van der Waals surface area contributed by atoms with Crippen LogP contribution >= 0.6 is 15.9 Å². The van der Waals surface area contributed by atoms with E-state index in [-0.39, 0.29) is 0 Å². The molecule has 4 heteroatoms. The summed E-state index contributed by atoms with van der Waals surface area (Å²) in [5.41, 5.74) is 1.70. The second-order valence-electron chi connectivity index (χ2n) is 4.73. The standard InChI is InChI=1S/C14H16BrNO2/c1-10-12(15)7-11(8-13(10)18-2)14(16-9-17)5-3-4-6-14/h7-8H,3-6H2,1-2H3. The van der Waals surface area contributed by atoms with Crippen molar-refractivity contribution < 1.29 is 9.53 Å². The Hall–Kier alpha value is -1.12. The van der Waals surface area contributed by atoms with Crippen LogP contribution in [-0.4, -0.2) is 13.2 Å². The number of rotatable bonds is 3. The molecule has 0 saturated heterocycles. The molecule has 0 bridgehead atoms. The first-order chi connectivity index (χ1) is 8.63. The number of benzene rings is 1. The zero-order chi connectivity index (χ0) is 13.2. The van der Waals surface area contributed by atoms with Crippen LogP contribution in [0.4, 0.5) is 0 Å². The summed E-state index contributed by atoms with van der Waals surface area (Å²) in [6, 6.07) is 4.04. The van der Waals surface area contributed by atoms with Crippen molar-refractivity contribution in [2.75, 3.05) is 7.11 Å². The van der Waals surface area contributed by atoms with Gasteiger partial charge >= 0.3 is 0 Å². The SMILES string of the molecule is COc1cc(C2(N=C=O)CCCC2)cc(Br)c1C. The summed E-state index contributed by atoms with van der Waals surface area (Å²) >= 11 is 3.54. The summed E-state index contributed by atoms with van der Waals surface area (Å²) in [6.07, 6.45) is 5.74. The van der Waals surface area contributed by atoms with Gasteiger partial charge in [0.15, 0.2) is 0 Å². The summed E-state index contributed by atoms with van der Waals surface area (Å²) in [7, 11) is 1.66. The predicted octanol–water partition coefficient (Wildman–Crippen LogP) is 3.87. The zero-order valence-corrected chi connectivity index (χ0v) is 12.2. The molecule has 0 radical (unpaired) electrons. The van der Waals surface area contributed by atoms with Crippen molar-refractivity contribution >= 4 is 22.0 Å². The Labute approximate surface area is 115 Å². The summed E-state index contributed by atoms with van der Waals surface area (Å²) in [6.45, 7) is 2.00. The first kappa shape index (κ1) is 13.3. The van der Waals surface area contributed by atoms with E-state index in [0.717, 1.165) is 47.0 Å². The van der Waals surface area contributed by atoms with Crippen molar-refractivity contribution in [3.05, 3.63) is 27.7 Å². The maximum absolute atomic E-state index is 10.7. The minimum absolute atomic E-state index is 0.398. The monoisotopic (exact) mass is 309 g/mol. The van der Waals surface area contributed by atoms with E-state index in [0.29, 0.717) is 0 Å². The first-order valence-electron chi connectivity index (χ1n) is 6.06. The molecule has 0 N–H and O–H groups in total. The number of methoxy groups -OCH3 is 1. The van der Waals surface area contributed by atoms with Gasteiger partial charge in [-0.15, -0.1) is 0 Å². The summed E-state index contributed by atoms with van der Waals surface area (Å²) in [4.78, 5) is 14.8. The van der Waals surface area contributed by atoms with Crippen LogP contribution in [-0.2, 0) is 10.3 Å². The van der Waals surface area contributed by atoms with Gasteiger partial charge < -0.3 is 4.74 Å². The Kier molecular flexibility index (Phi) is 3.88. The van der Waals surface area contributed by atoms with Crippen LogP contribution in [0.1, 0.15) is 36.8 Å². The number of isocyanates is 1. The first-order valence-corrected chi connectivity index (χ1v) is 6.86. The topological polar surface area (TPSA) is 38.7 Å². The van der Waals surface area contributed by atoms with Crippen molar-refractivity contribution in [1.29, 1.82) is 0 Å². The lowest BCUT2D eigenvalue weighted by Crippen LogP contribution is -2.19. The van der Waals surface area contributed by atoms with Crippen LogP contribution in [0.15, 0.2) is 21.6 Å². The van der Waals surface area contributed by atoms with E-state index in [1.165, 1.54) is 0 Å². The van der Waals surface area contributed by atoms with Gasteiger partial charge in [0.2, 0.25) is 6.08 Å². The number of halogens is 1. The van der Waals surface area contributed by atoms with Crippen LogP contribution in [0, 0.1) is 6.92 Å². The third-order valence-corrected chi connectivity index (χ3v) is 4.57. The highest BCUT2D eigenvalue weighted by Crippen LogP contribution is 2.44. The van der Waals surface area contributed by atoms with E-state index < -0.39 is 5.54 Å². The van der Waals surface area contributed by atoms with Gasteiger partial charge in [-0.3, -0.25) is 0 Å². The van der Waals surface area contributed by atoms with Crippen LogP contribution in [0.2, 0.25) is 0 Å². The van der Waals surface area contributed by atoms with Gasteiger partial charge in [-0.25, -0.2) is 4.79 Å². The number of nitrogens with zero attached hydrogens (tertiary/aromatic N) is 1. The number of hydrogen-bond donors (Lipinski definition) is 0. The van der Waals surface area contributed by atoms with Crippen molar-refractivity contribution in [3.63, 3.8) is 0 Å². The average Bonchev–Trinajstić information content (AvgIpc) is 2.82. The lowest BCUT2D eigenvalue weighted by Gasteiger charge is -2.24. The Morgan fingerprint density at radius 2 is 2.06 bits per heavy atom.